The summed E-state index contributed by atoms with van der Waals surface area (Å²) in [7, 11) is 3.72. The number of nitrogens with zero attached hydrogens (tertiary/aromatic N) is 2. The molecule has 0 aliphatic rings. The van der Waals surface area contributed by atoms with Crippen LogP contribution in [-0.4, -0.2) is 24.0 Å². The van der Waals surface area contributed by atoms with Gasteiger partial charge in [0.1, 0.15) is 5.69 Å². The molecule has 0 bridgehead atoms. The molecule has 0 radical (unpaired) electrons. The van der Waals surface area contributed by atoms with E-state index in [-0.39, 0.29) is 0 Å². The van der Waals surface area contributed by atoms with Crippen LogP contribution in [0.3, 0.4) is 0 Å². The van der Waals surface area contributed by atoms with E-state index in [0.717, 1.165) is 11.6 Å². The van der Waals surface area contributed by atoms with E-state index in [2.05, 4.69) is 4.98 Å². The number of pyridine rings is 1. The van der Waals surface area contributed by atoms with Gasteiger partial charge in [0.25, 0.3) is 0 Å². The molecule has 1 aromatic heterocycles. The van der Waals surface area contributed by atoms with Crippen LogP contribution in [0, 0.1) is 6.92 Å². The largest absolute Gasteiger partial charge is 0.433 e. The first-order chi connectivity index (χ1) is 6.80. The molecule has 15 heavy (non-hydrogen) atoms. The first-order valence-electron chi connectivity index (χ1n) is 4.49. The monoisotopic (exact) mass is 218 g/mol. The van der Waals surface area contributed by atoms with Crippen LogP contribution in [0.4, 0.5) is 13.2 Å². The predicted molar refractivity (Wildman–Crippen MR) is 51.4 cm³/mol. The lowest BCUT2D eigenvalue weighted by Gasteiger charge is -2.13. The van der Waals surface area contributed by atoms with Crippen LogP contribution in [0.15, 0.2) is 12.1 Å². The van der Waals surface area contributed by atoms with E-state index in [9.17, 15) is 13.2 Å². The summed E-state index contributed by atoms with van der Waals surface area (Å²) in [6, 6.07) is 2.50. The molecule has 84 valence electrons. The van der Waals surface area contributed by atoms with Crippen LogP contribution in [-0.2, 0) is 12.7 Å². The lowest BCUT2D eigenvalue weighted by atomic mass is 10.1. The second-order valence-corrected chi connectivity index (χ2v) is 3.68. The Labute approximate surface area is 86.7 Å². The van der Waals surface area contributed by atoms with E-state index in [4.69, 9.17) is 0 Å². The highest BCUT2D eigenvalue weighted by Gasteiger charge is 2.32. The Morgan fingerprint density at radius 1 is 1.27 bits per heavy atom. The first-order valence-corrected chi connectivity index (χ1v) is 4.49. The smallest absolute Gasteiger partial charge is 0.305 e. The van der Waals surface area contributed by atoms with Gasteiger partial charge in [-0.15, -0.1) is 0 Å². The molecule has 0 aromatic carbocycles. The molecule has 0 fully saturated rings. The highest BCUT2D eigenvalue weighted by molar-refractivity contribution is 5.23. The summed E-state index contributed by atoms with van der Waals surface area (Å²) in [4.78, 5) is 5.43. The lowest BCUT2D eigenvalue weighted by Crippen LogP contribution is -2.14. The predicted octanol–water partition coefficient (Wildman–Crippen LogP) is 2.47. The summed E-state index contributed by atoms with van der Waals surface area (Å²) >= 11 is 0. The highest BCUT2D eigenvalue weighted by atomic mass is 19.4. The minimum atomic E-state index is -4.36. The van der Waals surface area contributed by atoms with E-state index >= 15 is 0 Å². The number of rotatable bonds is 2. The Balaban J connectivity index is 2.98. The third-order valence-electron chi connectivity index (χ3n) is 1.97. The molecule has 5 heteroatoms. The average molecular weight is 218 g/mol. The van der Waals surface area contributed by atoms with Gasteiger partial charge in [-0.1, -0.05) is 6.07 Å². The van der Waals surface area contributed by atoms with Gasteiger partial charge >= 0.3 is 6.18 Å². The fourth-order valence-electron chi connectivity index (χ4n) is 1.26. The van der Waals surface area contributed by atoms with E-state index in [0.29, 0.717) is 12.2 Å². The number of hydrogen-bond donors (Lipinski definition) is 0. The Morgan fingerprint density at radius 3 is 2.27 bits per heavy atom. The molecule has 1 rings (SSSR count). The second kappa shape index (κ2) is 4.18. The van der Waals surface area contributed by atoms with Crippen molar-refractivity contribution in [2.75, 3.05) is 14.1 Å². The maximum atomic E-state index is 12.3. The fraction of sp³-hybridized carbons (Fsp3) is 0.500. The molecular weight excluding hydrogens is 205 g/mol. The average Bonchev–Trinajstić information content (AvgIpc) is 2.05. The standard InChI is InChI=1S/C10H13F3N2/c1-7-8(6-15(2)3)4-5-9(14-7)10(11,12)13/h4-5H,6H2,1-3H3. The van der Waals surface area contributed by atoms with Crippen LogP contribution in [0.5, 0.6) is 0 Å². The van der Waals surface area contributed by atoms with Gasteiger partial charge in [-0.05, 0) is 32.6 Å². The number of aryl methyl sites for hydroxylation is 1. The van der Waals surface area contributed by atoms with Crippen molar-refractivity contribution in [1.82, 2.24) is 9.88 Å². The topological polar surface area (TPSA) is 16.1 Å². The van der Waals surface area contributed by atoms with Gasteiger partial charge in [-0.25, -0.2) is 4.98 Å². The molecule has 1 aromatic rings. The third kappa shape index (κ3) is 3.20. The molecule has 0 saturated carbocycles. The summed E-state index contributed by atoms with van der Waals surface area (Å²) in [5, 5.41) is 0. The van der Waals surface area contributed by atoms with Crippen LogP contribution in [0.1, 0.15) is 17.0 Å². The Morgan fingerprint density at radius 2 is 1.87 bits per heavy atom. The van der Waals surface area contributed by atoms with E-state index in [1.807, 2.05) is 19.0 Å². The summed E-state index contributed by atoms with van der Waals surface area (Å²) in [5.74, 6) is 0. The lowest BCUT2D eigenvalue weighted by molar-refractivity contribution is -0.141. The molecule has 0 aliphatic carbocycles. The zero-order valence-electron chi connectivity index (χ0n) is 8.89. The number of hydrogen-bond acceptors (Lipinski definition) is 2. The van der Waals surface area contributed by atoms with Crippen LogP contribution < -0.4 is 0 Å². The molecule has 0 amide bonds. The number of halogens is 3. The molecule has 0 saturated heterocycles. The summed E-state index contributed by atoms with van der Waals surface area (Å²) < 4.78 is 36.9. The Kier molecular flexibility index (Phi) is 3.34. The van der Waals surface area contributed by atoms with Crippen LogP contribution in [0.2, 0.25) is 0 Å². The van der Waals surface area contributed by atoms with E-state index < -0.39 is 11.9 Å². The molecule has 0 N–H and O–H groups in total. The van der Waals surface area contributed by atoms with Crippen molar-refractivity contribution in [3.63, 3.8) is 0 Å². The zero-order valence-corrected chi connectivity index (χ0v) is 8.89. The van der Waals surface area contributed by atoms with Crippen molar-refractivity contribution in [1.29, 1.82) is 0 Å². The van der Waals surface area contributed by atoms with E-state index in [1.165, 1.54) is 6.07 Å². The molecule has 0 unspecified atom stereocenters. The molecule has 0 aliphatic heterocycles. The van der Waals surface area contributed by atoms with Gasteiger partial charge in [-0.2, -0.15) is 13.2 Å². The van der Waals surface area contributed by atoms with Crippen molar-refractivity contribution in [2.45, 2.75) is 19.6 Å². The van der Waals surface area contributed by atoms with Crippen molar-refractivity contribution in [2.24, 2.45) is 0 Å². The SMILES string of the molecule is Cc1nc(C(F)(F)F)ccc1CN(C)C. The maximum Gasteiger partial charge on any atom is 0.433 e. The Hall–Kier alpha value is -1.10. The van der Waals surface area contributed by atoms with Crippen molar-refractivity contribution >= 4 is 0 Å². The fourth-order valence-corrected chi connectivity index (χ4v) is 1.26. The Bertz CT molecular complexity index is 345. The maximum absolute atomic E-state index is 12.3. The van der Waals surface area contributed by atoms with Crippen LogP contribution in [0.25, 0.3) is 0 Å². The number of alkyl halides is 3. The van der Waals surface area contributed by atoms with Crippen LogP contribution >= 0.6 is 0 Å². The molecule has 1 heterocycles. The van der Waals surface area contributed by atoms with Gasteiger partial charge in [0.05, 0.1) is 0 Å². The van der Waals surface area contributed by atoms with E-state index in [1.54, 1.807) is 6.92 Å². The highest BCUT2D eigenvalue weighted by Crippen LogP contribution is 2.28. The quantitative estimate of drug-likeness (QED) is 0.758. The van der Waals surface area contributed by atoms with Gasteiger partial charge in [0, 0.05) is 12.2 Å². The molecular formula is C10H13F3N2. The van der Waals surface area contributed by atoms with Gasteiger partial charge in [0.15, 0.2) is 0 Å². The van der Waals surface area contributed by atoms with Gasteiger partial charge in [-0.3, -0.25) is 0 Å². The van der Waals surface area contributed by atoms with Crippen molar-refractivity contribution < 1.29 is 13.2 Å². The molecule has 0 spiro atoms. The summed E-state index contributed by atoms with van der Waals surface area (Å²) in [5.41, 5.74) is 0.411. The summed E-state index contributed by atoms with van der Waals surface area (Å²) in [6.45, 7) is 2.19. The molecule has 0 atom stereocenters. The third-order valence-corrected chi connectivity index (χ3v) is 1.97. The van der Waals surface area contributed by atoms with Crippen molar-refractivity contribution in [3.05, 3.63) is 29.1 Å². The first kappa shape index (κ1) is 12.0. The number of aromatic nitrogens is 1. The minimum absolute atomic E-state index is 0.429. The molecule has 2 nitrogen and oxygen atoms in total. The van der Waals surface area contributed by atoms with Crippen molar-refractivity contribution in [3.8, 4) is 0 Å². The zero-order chi connectivity index (χ0) is 11.6. The second-order valence-electron chi connectivity index (χ2n) is 3.68. The minimum Gasteiger partial charge on any atom is -0.305 e. The normalized spacial score (nSPS) is 12.2. The van der Waals surface area contributed by atoms with Gasteiger partial charge < -0.3 is 4.90 Å². The summed E-state index contributed by atoms with van der Waals surface area (Å²) in [6.07, 6.45) is -4.36. The van der Waals surface area contributed by atoms with Gasteiger partial charge in [0.2, 0.25) is 0 Å².